The molecule has 2 aromatic rings. The molecule has 7 nitrogen and oxygen atoms in total. The molecule has 0 saturated carbocycles. The Morgan fingerprint density at radius 1 is 1.33 bits per heavy atom. The number of rotatable bonds is 4. The Morgan fingerprint density at radius 3 is 2.92 bits per heavy atom. The molecular weight excluding hydrogens is 325 g/mol. The average Bonchev–Trinajstić information content (AvgIpc) is 3.03. The topological polar surface area (TPSA) is 79.8 Å². The Kier molecular flexibility index (Phi) is 4.65. The average molecular weight is 342 g/mol. The minimum absolute atomic E-state index is 0.0487. The van der Waals surface area contributed by atoms with Crippen LogP contribution in [0.2, 0.25) is 0 Å². The van der Waals surface area contributed by atoms with Crippen LogP contribution >= 0.6 is 0 Å². The highest BCUT2D eigenvalue weighted by molar-refractivity contribution is 5.35. The number of hydrogen-bond donors (Lipinski definition) is 1. The number of alkyl halides is 3. The molecule has 1 N–H and O–H groups in total. The monoisotopic (exact) mass is 342 g/mol. The first-order chi connectivity index (χ1) is 11.5. The van der Waals surface area contributed by atoms with Crippen molar-refractivity contribution in [3.8, 4) is 0 Å². The van der Waals surface area contributed by atoms with E-state index in [4.69, 9.17) is 4.74 Å². The van der Waals surface area contributed by atoms with Gasteiger partial charge in [-0.25, -0.2) is 15.0 Å². The molecular formula is C14H17F3N6O. The molecule has 1 saturated heterocycles. The summed E-state index contributed by atoms with van der Waals surface area (Å²) in [6.07, 6.45) is -0.853. The number of methoxy groups -OCH3 is 1. The summed E-state index contributed by atoms with van der Waals surface area (Å²) in [7, 11) is 1.55. The predicted octanol–water partition coefficient (Wildman–Crippen LogP) is 2.49. The van der Waals surface area contributed by atoms with Crippen molar-refractivity contribution in [2.75, 3.05) is 18.6 Å². The molecule has 3 rings (SSSR count). The first-order valence-corrected chi connectivity index (χ1v) is 7.56. The molecule has 1 fully saturated rings. The fourth-order valence-corrected chi connectivity index (χ4v) is 2.74. The van der Waals surface area contributed by atoms with Gasteiger partial charge in [0.1, 0.15) is 12.3 Å². The highest BCUT2D eigenvalue weighted by atomic mass is 19.4. The van der Waals surface area contributed by atoms with E-state index in [1.165, 1.54) is 0 Å². The zero-order chi connectivity index (χ0) is 17.2. The van der Waals surface area contributed by atoms with Crippen molar-refractivity contribution in [3.63, 3.8) is 0 Å². The van der Waals surface area contributed by atoms with Crippen LogP contribution in [0.5, 0.6) is 0 Å². The maximum absolute atomic E-state index is 12.9. The fourth-order valence-electron chi connectivity index (χ4n) is 2.74. The van der Waals surface area contributed by atoms with E-state index >= 15 is 0 Å². The smallest absolute Gasteiger partial charge is 0.377 e. The van der Waals surface area contributed by atoms with E-state index in [0.29, 0.717) is 24.8 Å². The van der Waals surface area contributed by atoms with E-state index in [9.17, 15) is 13.2 Å². The van der Waals surface area contributed by atoms with Gasteiger partial charge in [-0.2, -0.15) is 18.3 Å². The number of halogens is 3. The summed E-state index contributed by atoms with van der Waals surface area (Å²) in [6.45, 7) is 0.847. The van der Waals surface area contributed by atoms with Crippen LogP contribution in [0.25, 0.3) is 0 Å². The minimum atomic E-state index is -4.50. The predicted molar refractivity (Wildman–Crippen MR) is 78.1 cm³/mol. The summed E-state index contributed by atoms with van der Waals surface area (Å²) in [5.74, 6) is 1.14. The standard InChI is InChI=1S/C14H17F3N6O/c1-24-8-11-20-12(22-21-11)9-4-2-3-7-23(9)13-18-6-5-10(19-13)14(15,16)17/h5-6,9H,2-4,7-8H2,1H3,(H,20,21,22)/t9-/m0/s1. The van der Waals surface area contributed by atoms with E-state index < -0.39 is 11.9 Å². The van der Waals surface area contributed by atoms with Crippen LogP contribution in [-0.2, 0) is 17.5 Å². The van der Waals surface area contributed by atoms with Gasteiger partial charge in [0.2, 0.25) is 5.95 Å². The summed E-state index contributed by atoms with van der Waals surface area (Å²) >= 11 is 0. The molecule has 130 valence electrons. The molecule has 2 aromatic heterocycles. The van der Waals surface area contributed by atoms with Crippen LogP contribution in [0.4, 0.5) is 19.1 Å². The second-order valence-corrected chi connectivity index (χ2v) is 5.52. The van der Waals surface area contributed by atoms with Crippen LogP contribution in [0.3, 0.4) is 0 Å². The lowest BCUT2D eigenvalue weighted by Crippen LogP contribution is -2.35. The van der Waals surface area contributed by atoms with Crippen molar-refractivity contribution in [2.45, 2.75) is 38.1 Å². The van der Waals surface area contributed by atoms with E-state index in [-0.39, 0.29) is 12.0 Å². The van der Waals surface area contributed by atoms with Crippen LogP contribution in [0, 0.1) is 0 Å². The molecule has 0 aliphatic carbocycles. The maximum Gasteiger partial charge on any atom is 0.433 e. The lowest BCUT2D eigenvalue weighted by Gasteiger charge is -2.34. The van der Waals surface area contributed by atoms with Crippen LogP contribution in [-0.4, -0.2) is 38.8 Å². The number of H-pyrrole nitrogens is 1. The third-order valence-electron chi connectivity index (χ3n) is 3.82. The molecule has 0 aromatic carbocycles. The van der Waals surface area contributed by atoms with Gasteiger partial charge in [0.15, 0.2) is 11.6 Å². The Morgan fingerprint density at radius 2 is 2.17 bits per heavy atom. The number of nitrogens with one attached hydrogen (secondary N) is 1. The minimum Gasteiger partial charge on any atom is -0.377 e. The molecule has 24 heavy (non-hydrogen) atoms. The molecule has 0 spiro atoms. The highest BCUT2D eigenvalue weighted by Crippen LogP contribution is 2.33. The van der Waals surface area contributed by atoms with Gasteiger partial charge in [-0.15, -0.1) is 0 Å². The van der Waals surface area contributed by atoms with Gasteiger partial charge >= 0.3 is 6.18 Å². The molecule has 0 bridgehead atoms. The van der Waals surface area contributed by atoms with Crippen LogP contribution < -0.4 is 4.90 Å². The second-order valence-electron chi connectivity index (χ2n) is 5.52. The SMILES string of the molecule is COCc1nc([C@@H]2CCCCN2c2nccc(C(F)(F)F)n2)n[nH]1. The van der Waals surface area contributed by atoms with Crippen molar-refractivity contribution in [1.29, 1.82) is 0 Å². The normalized spacial score (nSPS) is 18.8. The van der Waals surface area contributed by atoms with E-state index in [1.54, 1.807) is 12.0 Å². The van der Waals surface area contributed by atoms with Gasteiger partial charge in [-0.1, -0.05) is 0 Å². The number of aromatic amines is 1. The maximum atomic E-state index is 12.9. The van der Waals surface area contributed by atoms with Crippen molar-refractivity contribution < 1.29 is 17.9 Å². The fraction of sp³-hybridized carbons (Fsp3) is 0.571. The first-order valence-electron chi connectivity index (χ1n) is 7.56. The molecule has 10 heteroatoms. The van der Waals surface area contributed by atoms with Gasteiger partial charge in [0, 0.05) is 19.9 Å². The zero-order valence-corrected chi connectivity index (χ0v) is 13.0. The van der Waals surface area contributed by atoms with Crippen molar-refractivity contribution >= 4 is 5.95 Å². The molecule has 0 unspecified atom stereocenters. The Balaban J connectivity index is 1.89. The van der Waals surface area contributed by atoms with E-state index in [0.717, 1.165) is 31.5 Å². The number of nitrogens with zero attached hydrogens (tertiary/aromatic N) is 5. The Labute approximate surface area is 136 Å². The molecule has 3 heterocycles. The number of hydrogen-bond acceptors (Lipinski definition) is 6. The van der Waals surface area contributed by atoms with E-state index in [2.05, 4.69) is 25.1 Å². The van der Waals surface area contributed by atoms with Gasteiger partial charge in [-0.3, -0.25) is 5.10 Å². The Bertz CT molecular complexity index is 689. The zero-order valence-electron chi connectivity index (χ0n) is 13.0. The molecule has 1 aliphatic heterocycles. The summed E-state index contributed by atoms with van der Waals surface area (Å²) in [5, 5.41) is 6.95. The summed E-state index contributed by atoms with van der Waals surface area (Å²) in [6, 6.07) is 0.607. The summed E-state index contributed by atoms with van der Waals surface area (Å²) in [4.78, 5) is 13.8. The number of ether oxygens (including phenoxy) is 1. The first kappa shape index (κ1) is 16.6. The van der Waals surface area contributed by atoms with Crippen molar-refractivity contribution in [2.24, 2.45) is 0 Å². The highest BCUT2D eigenvalue weighted by Gasteiger charge is 2.35. The van der Waals surface area contributed by atoms with Crippen LogP contribution in [0.15, 0.2) is 12.3 Å². The molecule has 0 radical (unpaired) electrons. The second kappa shape index (κ2) is 6.71. The lowest BCUT2D eigenvalue weighted by molar-refractivity contribution is -0.141. The lowest BCUT2D eigenvalue weighted by atomic mass is 10.0. The molecule has 0 amide bonds. The number of anilines is 1. The van der Waals surface area contributed by atoms with E-state index in [1.807, 2.05) is 0 Å². The third kappa shape index (κ3) is 3.48. The third-order valence-corrected chi connectivity index (χ3v) is 3.82. The molecule has 1 aliphatic rings. The van der Waals surface area contributed by atoms with Gasteiger partial charge in [0.05, 0.1) is 6.04 Å². The van der Waals surface area contributed by atoms with Gasteiger partial charge in [-0.05, 0) is 25.3 Å². The van der Waals surface area contributed by atoms with Gasteiger partial charge in [0.25, 0.3) is 0 Å². The quantitative estimate of drug-likeness (QED) is 0.920. The van der Waals surface area contributed by atoms with Crippen LogP contribution in [0.1, 0.15) is 42.6 Å². The number of piperidine rings is 1. The largest absolute Gasteiger partial charge is 0.433 e. The summed E-state index contributed by atoms with van der Waals surface area (Å²) in [5.41, 5.74) is -0.952. The number of aromatic nitrogens is 5. The van der Waals surface area contributed by atoms with Gasteiger partial charge < -0.3 is 9.64 Å². The molecule has 1 atom stereocenters. The van der Waals surface area contributed by atoms with Crippen molar-refractivity contribution in [1.82, 2.24) is 25.1 Å². The summed E-state index contributed by atoms with van der Waals surface area (Å²) < 4.78 is 43.7. The van der Waals surface area contributed by atoms with Crippen molar-refractivity contribution in [3.05, 3.63) is 29.6 Å². The Hall–Kier alpha value is -2.23.